The van der Waals surface area contributed by atoms with Gasteiger partial charge in [-0.1, -0.05) is 0 Å². The maximum atomic E-state index is 12.1. The highest BCUT2D eigenvalue weighted by atomic mass is 35.5. The second kappa shape index (κ2) is 6.73. The average molecular weight is 283 g/mol. The number of halogens is 4. The first-order chi connectivity index (χ1) is 8.46. The topological polar surface area (TPSA) is 18.5 Å². The number of ether oxygens (including phenoxy) is 2. The van der Waals surface area contributed by atoms with Gasteiger partial charge in [0.05, 0.1) is 6.61 Å². The number of hydrogen-bond acceptors (Lipinski definition) is 2. The van der Waals surface area contributed by atoms with E-state index in [1.54, 1.807) is 0 Å². The van der Waals surface area contributed by atoms with Gasteiger partial charge < -0.3 is 9.47 Å². The molecule has 0 spiro atoms. The number of alkyl halides is 4. The predicted molar refractivity (Wildman–Crippen MR) is 63.3 cm³/mol. The van der Waals surface area contributed by atoms with Crippen molar-refractivity contribution in [1.29, 1.82) is 0 Å². The summed E-state index contributed by atoms with van der Waals surface area (Å²) >= 11 is 5.58. The van der Waals surface area contributed by atoms with Gasteiger partial charge in [0, 0.05) is 5.88 Å². The van der Waals surface area contributed by atoms with Gasteiger partial charge in [-0.2, -0.15) is 0 Å². The highest BCUT2D eigenvalue weighted by molar-refractivity contribution is 6.17. The van der Waals surface area contributed by atoms with Crippen LogP contribution in [0.25, 0.3) is 0 Å². The summed E-state index contributed by atoms with van der Waals surface area (Å²) in [7, 11) is 0. The van der Waals surface area contributed by atoms with Crippen LogP contribution in [0.1, 0.15) is 18.9 Å². The third-order valence-corrected chi connectivity index (χ3v) is 2.41. The summed E-state index contributed by atoms with van der Waals surface area (Å²) in [5, 5.41) is 0. The van der Waals surface area contributed by atoms with Crippen molar-refractivity contribution in [2.24, 2.45) is 0 Å². The number of hydrogen-bond donors (Lipinski definition) is 0. The molecule has 0 heterocycles. The Labute approximate surface area is 109 Å². The van der Waals surface area contributed by atoms with Crippen molar-refractivity contribution in [2.45, 2.75) is 26.1 Å². The summed E-state index contributed by atoms with van der Waals surface area (Å²) in [6, 6.07) is 4.06. The van der Waals surface area contributed by atoms with Crippen molar-refractivity contribution in [1.82, 2.24) is 0 Å². The summed E-state index contributed by atoms with van der Waals surface area (Å²) < 4.78 is 45.5. The second-order valence-electron chi connectivity index (χ2n) is 3.54. The van der Waals surface area contributed by atoms with Gasteiger partial charge in [-0.15, -0.1) is 24.8 Å². The zero-order chi connectivity index (χ0) is 13.6. The van der Waals surface area contributed by atoms with Crippen LogP contribution in [-0.2, 0) is 6.42 Å². The fourth-order valence-corrected chi connectivity index (χ4v) is 1.64. The van der Waals surface area contributed by atoms with E-state index < -0.39 is 6.36 Å². The van der Waals surface area contributed by atoms with Crippen LogP contribution in [0, 0.1) is 0 Å². The predicted octanol–water partition coefficient (Wildman–Crippen LogP) is 4.16. The van der Waals surface area contributed by atoms with Crippen LogP contribution < -0.4 is 9.47 Å². The maximum absolute atomic E-state index is 12.1. The molecule has 2 nitrogen and oxygen atoms in total. The maximum Gasteiger partial charge on any atom is 0.573 e. The zero-order valence-corrected chi connectivity index (χ0v) is 10.6. The number of benzene rings is 1. The lowest BCUT2D eigenvalue weighted by Crippen LogP contribution is -2.17. The average Bonchev–Trinajstić information content (AvgIpc) is 2.27. The molecular formula is C12H14ClF3O2. The van der Waals surface area contributed by atoms with E-state index in [0.717, 1.165) is 0 Å². The lowest BCUT2D eigenvalue weighted by molar-refractivity contribution is -0.274. The van der Waals surface area contributed by atoms with Crippen molar-refractivity contribution >= 4 is 11.6 Å². The second-order valence-corrected chi connectivity index (χ2v) is 3.92. The minimum atomic E-state index is -4.68. The first-order valence-electron chi connectivity index (χ1n) is 5.53. The normalized spacial score (nSPS) is 11.4. The molecule has 1 aromatic rings. The molecule has 0 aliphatic heterocycles. The van der Waals surface area contributed by atoms with Crippen molar-refractivity contribution in [2.75, 3.05) is 12.5 Å². The van der Waals surface area contributed by atoms with Gasteiger partial charge in [-0.25, -0.2) is 0 Å². The Morgan fingerprint density at radius 1 is 1.28 bits per heavy atom. The Bertz CT molecular complexity index is 380. The van der Waals surface area contributed by atoms with Crippen LogP contribution in [0.2, 0.25) is 0 Å². The van der Waals surface area contributed by atoms with E-state index in [4.69, 9.17) is 16.3 Å². The van der Waals surface area contributed by atoms with E-state index >= 15 is 0 Å². The zero-order valence-electron chi connectivity index (χ0n) is 9.89. The Hall–Kier alpha value is -1.10. The van der Waals surface area contributed by atoms with Gasteiger partial charge in [0.1, 0.15) is 11.5 Å². The van der Waals surface area contributed by atoms with E-state index in [9.17, 15) is 13.2 Å². The van der Waals surface area contributed by atoms with Crippen molar-refractivity contribution in [3.05, 3.63) is 23.8 Å². The molecule has 1 rings (SSSR count). The molecule has 0 aliphatic rings. The molecule has 0 aromatic heterocycles. The molecule has 0 unspecified atom stereocenters. The standard InChI is InChI=1S/C12H14ClF3O2/c1-2-17-11-6-5-10(18-12(14,15)16)8-9(11)4-3-7-13/h5-6,8H,2-4,7H2,1H3. The van der Waals surface area contributed by atoms with Gasteiger partial charge in [0.15, 0.2) is 0 Å². The molecule has 0 aliphatic carbocycles. The van der Waals surface area contributed by atoms with Gasteiger partial charge in [0.2, 0.25) is 0 Å². The van der Waals surface area contributed by atoms with Crippen molar-refractivity contribution in [3.63, 3.8) is 0 Å². The fourth-order valence-electron chi connectivity index (χ4n) is 1.50. The SMILES string of the molecule is CCOc1ccc(OC(F)(F)F)cc1CCCCl. The number of aryl methyl sites for hydroxylation is 1. The molecule has 18 heavy (non-hydrogen) atoms. The van der Waals surface area contributed by atoms with E-state index in [-0.39, 0.29) is 5.75 Å². The molecule has 0 fully saturated rings. The summed E-state index contributed by atoms with van der Waals surface area (Å²) in [5.41, 5.74) is 0.666. The van der Waals surface area contributed by atoms with E-state index in [0.29, 0.717) is 36.6 Å². The van der Waals surface area contributed by atoms with E-state index in [1.165, 1.54) is 18.2 Å². The highest BCUT2D eigenvalue weighted by Crippen LogP contribution is 2.29. The summed E-state index contributed by atoms with van der Waals surface area (Å²) in [6.07, 6.45) is -3.47. The first kappa shape index (κ1) is 15.0. The van der Waals surface area contributed by atoms with Crippen LogP contribution in [0.15, 0.2) is 18.2 Å². The smallest absolute Gasteiger partial charge is 0.494 e. The lowest BCUT2D eigenvalue weighted by atomic mass is 10.1. The van der Waals surface area contributed by atoms with Gasteiger partial charge in [-0.3, -0.25) is 0 Å². The molecular weight excluding hydrogens is 269 g/mol. The van der Waals surface area contributed by atoms with Crippen LogP contribution in [0.4, 0.5) is 13.2 Å². The molecule has 0 saturated carbocycles. The van der Waals surface area contributed by atoms with Crippen LogP contribution >= 0.6 is 11.6 Å². The Kier molecular flexibility index (Phi) is 5.59. The molecule has 6 heteroatoms. The highest BCUT2D eigenvalue weighted by Gasteiger charge is 2.31. The molecule has 0 saturated heterocycles. The minimum Gasteiger partial charge on any atom is -0.494 e. The van der Waals surface area contributed by atoms with Gasteiger partial charge in [-0.05, 0) is 43.5 Å². The quantitative estimate of drug-likeness (QED) is 0.730. The van der Waals surface area contributed by atoms with Crippen LogP contribution in [0.5, 0.6) is 11.5 Å². The third-order valence-electron chi connectivity index (χ3n) is 2.15. The molecule has 0 atom stereocenters. The molecule has 0 N–H and O–H groups in total. The molecule has 1 aromatic carbocycles. The van der Waals surface area contributed by atoms with Gasteiger partial charge >= 0.3 is 6.36 Å². The largest absolute Gasteiger partial charge is 0.573 e. The van der Waals surface area contributed by atoms with Crippen molar-refractivity contribution < 1.29 is 22.6 Å². The number of rotatable bonds is 6. The van der Waals surface area contributed by atoms with Crippen LogP contribution in [0.3, 0.4) is 0 Å². The minimum absolute atomic E-state index is 0.240. The molecule has 0 bridgehead atoms. The molecule has 102 valence electrons. The Balaban J connectivity index is 2.89. The van der Waals surface area contributed by atoms with Crippen molar-refractivity contribution in [3.8, 4) is 11.5 Å². The fraction of sp³-hybridized carbons (Fsp3) is 0.500. The monoisotopic (exact) mass is 282 g/mol. The summed E-state index contributed by atoms with van der Waals surface area (Å²) in [6.45, 7) is 2.26. The molecule has 0 amide bonds. The van der Waals surface area contributed by atoms with E-state index in [1.807, 2.05) is 6.92 Å². The van der Waals surface area contributed by atoms with E-state index in [2.05, 4.69) is 4.74 Å². The molecule has 0 radical (unpaired) electrons. The Morgan fingerprint density at radius 2 is 2.00 bits per heavy atom. The third kappa shape index (κ3) is 5.04. The van der Waals surface area contributed by atoms with Gasteiger partial charge in [0.25, 0.3) is 0 Å². The van der Waals surface area contributed by atoms with Crippen LogP contribution in [-0.4, -0.2) is 18.8 Å². The lowest BCUT2D eigenvalue weighted by Gasteiger charge is -2.13. The summed E-state index contributed by atoms with van der Waals surface area (Å²) in [5.74, 6) is 0.767. The Morgan fingerprint density at radius 3 is 2.56 bits per heavy atom. The summed E-state index contributed by atoms with van der Waals surface area (Å²) in [4.78, 5) is 0. The first-order valence-corrected chi connectivity index (χ1v) is 6.07.